The summed E-state index contributed by atoms with van der Waals surface area (Å²) in [6.07, 6.45) is -1.54. The molecule has 0 spiro atoms. The van der Waals surface area contributed by atoms with Crippen LogP contribution in [0.2, 0.25) is 0 Å². The van der Waals surface area contributed by atoms with E-state index in [1.165, 1.54) is 0 Å². The topological polar surface area (TPSA) is 32.3 Å². The van der Waals surface area contributed by atoms with E-state index in [1.807, 2.05) is 0 Å². The van der Waals surface area contributed by atoms with Crippen LogP contribution < -0.4 is 5.32 Å². The largest absolute Gasteiger partial charge is 0.386 e. The van der Waals surface area contributed by atoms with Crippen LogP contribution >= 0.6 is 15.9 Å². The van der Waals surface area contributed by atoms with Crippen molar-refractivity contribution in [3.8, 4) is 0 Å². The number of nitrogens with one attached hydrogen (secondary N) is 1. The van der Waals surface area contributed by atoms with Crippen molar-refractivity contribution in [1.29, 1.82) is 0 Å². The predicted octanol–water partition coefficient (Wildman–Crippen LogP) is 4.15. The zero-order valence-electron chi connectivity index (χ0n) is 10.5. The van der Waals surface area contributed by atoms with Crippen LogP contribution in [0.3, 0.4) is 0 Å². The Bertz CT molecular complexity index is 645. The van der Waals surface area contributed by atoms with Crippen LogP contribution in [-0.4, -0.2) is 11.7 Å². The molecule has 0 saturated carbocycles. The highest BCUT2D eigenvalue weighted by atomic mass is 79.9. The van der Waals surface area contributed by atoms with Gasteiger partial charge in [0.2, 0.25) is 0 Å². The Morgan fingerprint density at radius 1 is 1.00 bits per heavy atom. The van der Waals surface area contributed by atoms with Gasteiger partial charge in [0, 0.05) is 12.6 Å². The summed E-state index contributed by atoms with van der Waals surface area (Å²) in [5.41, 5.74) is -0.741. The van der Waals surface area contributed by atoms with Crippen LogP contribution in [0.4, 0.5) is 23.2 Å². The fourth-order valence-electron chi connectivity index (χ4n) is 1.80. The molecular weight excluding hydrogens is 354 g/mol. The highest BCUT2D eigenvalue weighted by Crippen LogP contribution is 2.25. The second kappa shape index (κ2) is 6.44. The van der Waals surface area contributed by atoms with Gasteiger partial charge in [0.05, 0.1) is 15.7 Å². The molecule has 0 aromatic heterocycles. The van der Waals surface area contributed by atoms with Gasteiger partial charge in [-0.1, -0.05) is 6.07 Å². The van der Waals surface area contributed by atoms with E-state index in [1.54, 1.807) is 0 Å². The fourth-order valence-corrected chi connectivity index (χ4v) is 2.11. The SMILES string of the molecule is OC(CNc1cc(F)c(Br)cc1F)c1c(F)cccc1F. The van der Waals surface area contributed by atoms with E-state index in [4.69, 9.17) is 0 Å². The number of aliphatic hydroxyl groups is 1. The molecule has 2 aromatic carbocycles. The van der Waals surface area contributed by atoms with E-state index >= 15 is 0 Å². The molecule has 2 aromatic rings. The van der Waals surface area contributed by atoms with E-state index in [-0.39, 0.29) is 16.7 Å². The summed E-state index contributed by atoms with van der Waals surface area (Å²) < 4.78 is 53.7. The number of hydrogen-bond acceptors (Lipinski definition) is 2. The van der Waals surface area contributed by atoms with Crippen LogP contribution in [0.25, 0.3) is 0 Å². The summed E-state index contributed by atoms with van der Waals surface area (Å²) in [5.74, 6) is -3.28. The van der Waals surface area contributed by atoms with E-state index in [0.29, 0.717) is 0 Å². The molecule has 2 N–H and O–H groups in total. The first-order valence-electron chi connectivity index (χ1n) is 5.90. The third-order valence-electron chi connectivity index (χ3n) is 2.83. The molecule has 1 unspecified atom stereocenters. The van der Waals surface area contributed by atoms with Gasteiger partial charge in [-0.15, -0.1) is 0 Å². The maximum Gasteiger partial charge on any atom is 0.147 e. The molecule has 0 saturated heterocycles. The third kappa shape index (κ3) is 3.54. The minimum absolute atomic E-state index is 0.0498. The minimum Gasteiger partial charge on any atom is -0.386 e. The van der Waals surface area contributed by atoms with Gasteiger partial charge < -0.3 is 10.4 Å². The Kier molecular flexibility index (Phi) is 4.84. The number of benzene rings is 2. The molecule has 0 bridgehead atoms. The lowest BCUT2D eigenvalue weighted by Gasteiger charge is -2.15. The molecule has 0 aliphatic rings. The van der Waals surface area contributed by atoms with Crippen LogP contribution in [0.15, 0.2) is 34.8 Å². The fraction of sp³-hybridized carbons (Fsp3) is 0.143. The van der Waals surface area contributed by atoms with Gasteiger partial charge in [-0.25, -0.2) is 17.6 Å². The number of hydrogen-bond donors (Lipinski definition) is 2. The molecule has 0 fully saturated rings. The van der Waals surface area contributed by atoms with Crippen LogP contribution in [-0.2, 0) is 0 Å². The van der Waals surface area contributed by atoms with Crippen molar-refractivity contribution < 1.29 is 22.7 Å². The Balaban J connectivity index is 2.15. The first-order valence-corrected chi connectivity index (χ1v) is 6.70. The Labute approximate surface area is 126 Å². The Morgan fingerprint density at radius 3 is 2.24 bits per heavy atom. The maximum absolute atomic E-state index is 13.6. The molecule has 112 valence electrons. The molecule has 0 aliphatic carbocycles. The van der Waals surface area contributed by atoms with Gasteiger partial charge in [-0.2, -0.15) is 0 Å². The molecular formula is C14H10BrF4NO. The zero-order valence-corrected chi connectivity index (χ0v) is 12.1. The number of rotatable bonds is 4. The van der Waals surface area contributed by atoms with Crippen molar-refractivity contribution in [1.82, 2.24) is 0 Å². The van der Waals surface area contributed by atoms with Gasteiger partial charge in [-0.05, 0) is 34.1 Å². The van der Waals surface area contributed by atoms with Crippen LogP contribution in [0.5, 0.6) is 0 Å². The smallest absolute Gasteiger partial charge is 0.147 e. The molecule has 0 aliphatic heterocycles. The predicted molar refractivity (Wildman–Crippen MR) is 73.9 cm³/mol. The van der Waals surface area contributed by atoms with Crippen molar-refractivity contribution in [2.75, 3.05) is 11.9 Å². The highest BCUT2D eigenvalue weighted by molar-refractivity contribution is 9.10. The molecule has 0 radical (unpaired) electrons. The number of aliphatic hydroxyl groups excluding tert-OH is 1. The normalized spacial score (nSPS) is 12.3. The average molecular weight is 364 g/mol. The maximum atomic E-state index is 13.6. The molecule has 7 heteroatoms. The van der Waals surface area contributed by atoms with Crippen molar-refractivity contribution >= 4 is 21.6 Å². The van der Waals surface area contributed by atoms with Crippen LogP contribution in [0.1, 0.15) is 11.7 Å². The summed E-state index contributed by atoms with van der Waals surface area (Å²) in [5, 5.41) is 12.2. The van der Waals surface area contributed by atoms with E-state index in [9.17, 15) is 22.7 Å². The van der Waals surface area contributed by atoms with Crippen molar-refractivity contribution in [2.45, 2.75) is 6.10 Å². The van der Waals surface area contributed by atoms with Crippen molar-refractivity contribution in [2.24, 2.45) is 0 Å². The lowest BCUT2D eigenvalue weighted by atomic mass is 10.1. The molecule has 1 atom stereocenters. The number of halogens is 5. The van der Waals surface area contributed by atoms with Crippen molar-refractivity contribution in [3.63, 3.8) is 0 Å². The van der Waals surface area contributed by atoms with Gasteiger partial charge in [0.25, 0.3) is 0 Å². The lowest BCUT2D eigenvalue weighted by molar-refractivity contribution is 0.181. The van der Waals surface area contributed by atoms with Gasteiger partial charge in [0.15, 0.2) is 0 Å². The first-order chi connectivity index (χ1) is 9.90. The highest BCUT2D eigenvalue weighted by Gasteiger charge is 2.18. The van der Waals surface area contributed by atoms with E-state index in [2.05, 4.69) is 21.2 Å². The quantitative estimate of drug-likeness (QED) is 0.631. The summed E-state index contributed by atoms with van der Waals surface area (Å²) in [6, 6.07) is 4.96. The molecule has 2 nitrogen and oxygen atoms in total. The standard InChI is InChI=1S/C14H10BrF4NO/c15-7-4-11(19)12(5-10(7)18)20-6-13(21)14-8(16)2-1-3-9(14)17/h1-5,13,20-21H,6H2. The van der Waals surface area contributed by atoms with E-state index < -0.39 is 34.9 Å². The number of anilines is 1. The second-order valence-electron chi connectivity index (χ2n) is 4.28. The second-order valence-corrected chi connectivity index (χ2v) is 5.13. The summed E-state index contributed by atoms with van der Waals surface area (Å²) in [7, 11) is 0. The first kappa shape index (κ1) is 15.8. The zero-order chi connectivity index (χ0) is 15.6. The summed E-state index contributed by atoms with van der Waals surface area (Å²) in [4.78, 5) is 0. The molecule has 0 amide bonds. The molecule has 21 heavy (non-hydrogen) atoms. The Morgan fingerprint density at radius 2 is 1.62 bits per heavy atom. The van der Waals surface area contributed by atoms with Crippen LogP contribution in [0, 0.1) is 23.3 Å². The van der Waals surface area contributed by atoms with Gasteiger partial charge in [0.1, 0.15) is 29.4 Å². The Hall–Kier alpha value is -1.60. The molecule has 2 rings (SSSR count). The third-order valence-corrected chi connectivity index (χ3v) is 3.44. The summed E-state index contributed by atoms with van der Waals surface area (Å²) in [6.45, 7) is -0.379. The lowest BCUT2D eigenvalue weighted by Crippen LogP contribution is -2.16. The van der Waals surface area contributed by atoms with Gasteiger partial charge >= 0.3 is 0 Å². The summed E-state index contributed by atoms with van der Waals surface area (Å²) >= 11 is 2.82. The average Bonchev–Trinajstić information content (AvgIpc) is 2.41. The minimum atomic E-state index is -1.54. The van der Waals surface area contributed by atoms with E-state index in [0.717, 1.165) is 30.3 Å². The van der Waals surface area contributed by atoms with Crippen molar-refractivity contribution in [3.05, 3.63) is 63.6 Å². The molecule has 0 heterocycles. The monoisotopic (exact) mass is 363 g/mol. The van der Waals surface area contributed by atoms with Gasteiger partial charge in [-0.3, -0.25) is 0 Å².